The van der Waals surface area contributed by atoms with Crippen molar-refractivity contribution in [3.05, 3.63) is 57.2 Å². The first-order chi connectivity index (χ1) is 11.4. The number of carbonyl (C=O) groups is 1. The van der Waals surface area contributed by atoms with Crippen molar-refractivity contribution < 1.29 is 13.9 Å². The SMILES string of the molecule is Cc1csc2nc(C(C)OC(N)=O)c(-c3cccc(F)c3)c(=O)n12. The van der Waals surface area contributed by atoms with Gasteiger partial charge in [-0.3, -0.25) is 9.20 Å². The molecule has 1 amide bonds. The van der Waals surface area contributed by atoms with Crippen LogP contribution in [0.1, 0.15) is 24.4 Å². The number of fused-ring (bicyclic) bond motifs is 1. The summed E-state index contributed by atoms with van der Waals surface area (Å²) in [6, 6.07) is 5.64. The maximum Gasteiger partial charge on any atom is 0.405 e. The molecule has 0 spiro atoms. The molecule has 6 nitrogen and oxygen atoms in total. The minimum Gasteiger partial charge on any atom is -0.440 e. The van der Waals surface area contributed by atoms with Crippen molar-refractivity contribution in [1.29, 1.82) is 0 Å². The number of aryl methyl sites for hydroxylation is 1. The smallest absolute Gasteiger partial charge is 0.405 e. The van der Waals surface area contributed by atoms with E-state index in [9.17, 15) is 14.0 Å². The van der Waals surface area contributed by atoms with Crippen LogP contribution in [0.15, 0.2) is 34.4 Å². The number of nitrogens with two attached hydrogens (primary N) is 1. The van der Waals surface area contributed by atoms with E-state index in [1.807, 2.05) is 0 Å². The highest BCUT2D eigenvalue weighted by molar-refractivity contribution is 7.15. The Morgan fingerprint density at radius 1 is 1.46 bits per heavy atom. The molecule has 2 N–H and O–H groups in total. The first-order valence-electron chi connectivity index (χ1n) is 7.11. The van der Waals surface area contributed by atoms with Gasteiger partial charge in [0.15, 0.2) is 4.96 Å². The molecule has 2 aromatic heterocycles. The summed E-state index contributed by atoms with van der Waals surface area (Å²) in [6.07, 6.45) is -1.82. The highest BCUT2D eigenvalue weighted by Crippen LogP contribution is 2.28. The summed E-state index contributed by atoms with van der Waals surface area (Å²) < 4.78 is 20.1. The molecule has 1 atom stereocenters. The summed E-state index contributed by atoms with van der Waals surface area (Å²) in [4.78, 5) is 28.9. The maximum absolute atomic E-state index is 13.6. The number of carbonyl (C=O) groups excluding carboxylic acids is 1. The van der Waals surface area contributed by atoms with E-state index >= 15 is 0 Å². The predicted octanol–water partition coefficient (Wildman–Crippen LogP) is 3.03. The Balaban J connectivity index is 2.34. The average Bonchev–Trinajstić information content (AvgIpc) is 2.88. The van der Waals surface area contributed by atoms with Gasteiger partial charge in [-0.25, -0.2) is 14.2 Å². The lowest BCUT2D eigenvalue weighted by Gasteiger charge is -2.15. The third kappa shape index (κ3) is 2.76. The number of amides is 1. The molecule has 0 bridgehead atoms. The van der Waals surface area contributed by atoms with Gasteiger partial charge in [-0.15, -0.1) is 11.3 Å². The Labute approximate surface area is 140 Å². The van der Waals surface area contributed by atoms with Crippen molar-refractivity contribution in [2.45, 2.75) is 20.0 Å². The molecule has 0 aliphatic rings. The minimum atomic E-state index is -0.975. The molecule has 8 heteroatoms. The van der Waals surface area contributed by atoms with E-state index in [0.29, 0.717) is 10.5 Å². The topological polar surface area (TPSA) is 86.7 Å². The van der Waals surface area contributed by atoms with E-state index in [2.05, 4.69) is 4.98 Å². The number of hydrogen-bond donors (Lipinski definition) is 1. The van der Waals surface area contributed by atoms with Crippen LogP contribution in [0.25, 0.3) is 16.1 Å². The van der Waals surface area contributed by atoms with Crippen LogP contribution in [0.3, 0.4) is 0 Å². The van der Waals surface area contributed by atoms with Gasteiger partial charge in [-0.05, 0) is 31.5 Å². The summed E-state index contributed by atoms with van der Waals surface area (Å²) in [5.41, 5.74) is 6.23. The van der Waals surface area contributed by atoms with Crippen LogP contribution in [-0.2, 0) is 4.74 Å². The summed E-state index contributed by atoms with van der Waals surface area (Å²) in [7, 11) is 0. The van der Waals surface area contributed by atoms with E-state index in [1.54, 1.807) is 25.3 Å². The molecule has 0 fully saturated rings. The van der Waals surface area contributed by atoms with Crippen LogP contribution in [-0.4, -0.2) is 15.5 Å². The monoisotopic (exact) mass is 347 g/mol. The molecular formula is C16H14FN3O3S. The van der Waals surface area contributed by atoms with E-state index in [-0.39, 0.29) is 16.8 Å². The van der Waals surface area contributed by atoms with Crippen LogP contribution in [0.5, 0.6) is 0 Å². The second-order valence-corrected chi connectivity index (χ2v) is 6.10. The first-order valence-corrected chi connectivity index (χ1v) is 7.99. The number of aromatic nitrogens is 2. The number of primary amides is 1. The zero-order valence-corrected chi connectivity index (χ0v) is 13.8. The molecular weight excluding hydrogens is 333 g/mol. The number of nitrogens with zero attached hydrogens (tertiary/aromatic N) is 2. The second-order valence-electron chi connectivity index (χ2n) is 5.26. The quantitative estimate of drug-likeness (QED) is 0.789. The van der Waals surface area contributed by atoms with Crippen LogP contribution < -0.4 is 11.3 Å². The molecule has 24 heavy (non-hydrogen) atoms. The number of ether oxygens (including phenoxy) is 1. The Morgan fingerprint density at radius 2 is 2.21 bits per heavy atom. The lowest BCUT2D eigenvalue weighted by atomic mass is 10.0. The summed E-state index contributed by atoms with van der Waals surface area (Å²) in [6.45, 7) is 3.34. The molecule has 0 saturated heterocycles. The molecule has 1 aromatic carbocycles. The molecule has 3 rings (SSSR count). The first kappa shape index (κ1) is 16.1. The van der Waals surface area contributed by atoms with Crippen LogP contribution in [0.2, 0.25) is 0 Å². The van der Waals surface area contributed by atoms with Crippen molar-refractivity contribution in [2.75, 3.05) is 0 Å². The molecule has 0 saturated carbocycles. The maximum atomic E-state index is 13.6. The van der Waals surface area contributed by atoms with Gasteiger partial charge in [-0.2, -0.15) is 0 Å². The lowest BCUT2D eigenvalue weighted by molar-refractivity contribution is 0.115. The molecule has 0 radical (unpaired) electrons. The highest BCUT2D eigenvalue weighted by atomic mass is 32.1. The number of benzene rings is 1. The standard InChI is InChI=1S/C16H14FN3O3S/c1-8-7-24-16-19-13(9(2)23-15(18)22)12(14(21)20(8)16)10-4-3-5-11(17)6-10/h3-7,9H,1-2H3,(H2,18,22). The Morgan fingerprint density at radius 3 is 2.88 bits per heavy atom. The van der Waals surface area contributed by atoms with Gasteiger partial charge in [0.05, 0.1) is 11.3 Å². The van der Waals surface area contributed by atoms with E-state index in [1.165, 1.54) is 33.9 Å². The second kappa shape index (κ2) is 6.04. The Hall–Kier alpha value is -2.74. The van der Waals surface area contributed by atoms with E-state index < -0.39 is 18.0 Å². The normalized spacial score (nSPS) is 12.3. The summed E-state index contributed by atoms with van der Waals surface area (Å²) in [5.74, 6) is -0.478. The lowest BCUT2D eigenvalue weighted by Crippen LogP contribution is -2.23. The average molecular weight is 347 g/mol. The van der Waals surface area contributed by atoms with Gasteiger partial charge in [0.25, 0.3) is 5.56 Å². The van der Waals surface area contributed by atoms with Gasteiger partial charge < -0.3 is 10.5 Å². The van der Waals surface area contributed by atoms with Crippen LogP contribution in [0.4, 0.5) is 9.18 Å². The number of halogens is 1. The van der Waals surface area contributed by atoms with Gasteiger partial charge in [0, 0.05) is 11.1 Å². The fourth-order valence-corrected chi connectivity index (χ4v) is 3.40. The molecule has 0 aliphatic heterocycles. The molecule has 124 valence electrons. The number of thiazole rings is 1. The molecule has 3 aromatic rings. The zero-order valence-electron chi connectivity index (χ0n) is 12.9. The van der Waals surface area contributed by atoms with E-state index in [0.717, 1.165) is 5.69 Å². The number of hydrogen-bond acceptors (Lipinski definition) is 5. The fourth-order valence-electron chi connectivity index (χ4n) is 2.54. The third-order valence-electron chi connectivity index (χ3n) is 3.56. The van der Waals surface area contributed by atoms with Crippen LogP contribution in [0, 0.1) is 12.7 Å². The number of rotatable bonds is 3. The van der Waals surface area contributed by atoms with Gasteiger partial charge >= 0.3 is 6.09 Å². The fraction of sp³-hybridized carbons (Fsp3) is 0.188. The Bertz CT molecular complexity index is 996. The minimum absolute atomic E-state index is 0.183. The van der Waals surface area contributed by atoms with Crippen LogP contribution >= 0.6 is 11.3 Å². The molecule has 2 heterocycles. The van der Waals surface area contributed by atoms with Gasteiger partial charge in [-0.1, -0.05) is 12.1 Å². The van der Waals surface area contributed by atoms with Gasteiger partial charge in [0.2, 0.25) is 0 Å². The zero-order chi connectivity index (χ0) is 17.4. The molecule has 0 aliphatic carbocycles. The summed E-state index contributed by atoms with van der Waals surface area (Å²) >= 11 is 1.29. The largest absolute Gasteiger partial charge is 0.440 e. The van der Waals surface area contributed by atoms with Crippen molar-refractivity contribution in [3.8, 4) is 11.1 Å². The highest BCUT2D eigenvalue weighted by Gasteiger charge is 2.23. The van der Waals surface area contributed by atoms with E-state index in [4.69, 9.17) is 10.5 Å². The van der Waals surface area contributed by atoms with Crippen molar-refractivity contribution in [2.24, 2.45) is 5.73 Å². The third-order valence-corrected chi connectivity index (χ3v) is 4.50. The van der Waals surface area contributed by atoms with Crippen molar-refractivity contribution >= 4 is 22.4 Å². The summed E-state index contributed by atoms with van der Waals surface area (Å²) in [5, 5.41) is 1.79. The predicted molar refractivity (Wildman–Crippen MR) is 88.6 cm³/mol. The molecule has 1 unspecified atom stereocenters. The van der Waals surface area contributed by atoms with Gasteiger partial charge in [0.1, 0.15) is 11.9 Å². The van der Waals surface area contributed by atoms with Crippen molar-refractivity contribution in [3.63, 3.8) is 0 Å². The van der Waals surface area contributed by atoms with Crippen molar-refractivity contribution in [1.82, 2.24) is 9.38 Å². The Kier molecular flexibility index (Phi) is 4.06.